The van der Waals surface area contributed by atoms with E-state index in [1.54, 1.807) is 0 Å². The fourth-order valence-corrected chi connectivity index (χ4v) is 1.66. The largest absolute Gasteiger partial charge is 0.434 e. The van der Waals surface area contributed by atoms with Gasteiger partial charge in [-0.1, -0.05) is 0 Å². The maximum atomic E-state index is 10.6. The van der Waals surface area contributed by atoms with Crippen molar-refractivity contribution in [3.8, 4) is 0 Å². The van der Waals surface area contributed by atoms with Gasteiger partial charge in [0.15, 0.2) is 0 Å². The number of nitrogens with one attached hydrogen (secondary N) is 2. The van der Waals surface area contributed by atoms with E-state index in [1.165, 1.54) is 6.42 Å². The van der Waals surface area contributed by atoms with Gasteiger partial charge >= 0.3 is 5.76 Å². The fourth-order valence-electron chi connectivity index (χ4n) is 1.66. The summed E-state index contributed by atoms with van der Waals surface area (Å²) < 4.78 is 4.80. The third kappa shape index (κ3) is 2.18. The lowest BCUT2D eigenvalue weighted by Gasteiger charge is -2.03. The Kier molecular flexibility index (Phi) is 2.44. The molecule has 1 fully saturated rings. The predicted octanol–water partition coefficient (Wildman–Crippen LogP) is -0.0950. The Labute approximate surface area is 75.5 Å². The number of hydrogen-bond acceptors (Lipinski definition) is 4. The van der Waals surface area contributed by atoms with Crippen LogP contribution in [-0.4, -0.2) is 23.3 Å². The second-order valence-corrected chi connectivity index (χ2v) is 3.40. The van der Waals surface area contributed by atoms with E-state index in [2.05, 4.69) is 15.5 Å². The van der Waals surface area contributed by atoms with E-state index in [1.807, 2.05) is 0 Å². The second-order valence-electron chi connectivity index (χ2n) is 3.40. The van der Waals surface area contributed by atoms with Gasteiger partial charge in [0.1, 0.15) is 0 Å². The summed E-state index contributed by atoms with van der Waals surface area (Å²) in [6.07, 6.45) is 3.01. The van der Waals surface area contributed by atoms with Crippen molar-refractivity contribution in [1.82, 2.24) is 15.5 Å². The number of rotatable bonds is 3. The fraction of sp³-hybridized carbons (Fsp3) is 0.750. The van der Waals surface area contributed by atoms with Crippen molar-refractivity contribution in [1.29, 1.82) is 0 Å². The molecule has 72 valence electrons. The van der Waals surface area contributed by atoms with Gasteiger partial charge in [0.05, 0.1) is 0 Å². The summed E-state index contributed by atoms with van der Waals surface area (Å²) in [6.45, 7) is 2.18. The van der Waals surface area contributed by atoms with Crippen LogP contribution in [0.15, 0.2) is 9.21 Å². The van der Waals surface area contributed by atoms with Gasteiger partial charge < -0.3 is 9.73 Å². The summed E-state index contributed by atoms with van der Waals surface area (Å²) in [5.41, 5.74) is 0. The lowest BCUT2D eigenvalue weighted by atomic mass is 10.0. The number of aromatic amines is 1. The molecule has 2 rings (SSSR count). The van der Waals surface area contributed by atoms with Gasteiger partial charge in [-0.3, -0.25) is 0 Å². The van der Waals surface area contributed by atoms with Crippen molar-refractivity contribution >= 4 is 0 Å². The highest BCUT2D eigenvalue weighted by Crippen LogP contribution is 2.14. The molecule has 0 bridgehead atoms. The van der Waals surface area contributed by atoms with Crippen LogP contribution in [0.1, 0.15) is 18.7 Å². The van der Waals surface area contributed by atoms with Crippen molar-refractivity contribution in [2.75, 3.05) is 13.1 Å². The molecule has 0 saturated carbocycles. The van der Waals surface area contributed by atoms with Gasteiger partial charge in [-0.2, -0.15) is 0 Å². The Morgan fingerprint density at radius 3 is 3.15 bits per heavy atom. The van der Waals surface area contributed by atoms with E-state index in [0.29, 0.717) is 11.8 Å². The van der Waals surface area contributed by atoms with Crippen LogP contribution in [0.2, 0.25) is 0 Å². The molecule has 5 heteroatoms. The minimum absolute atomic E-state index is 0.459. The SMILES string of the molecule is O=c1[nH]nc(CCC2CCNC2)o1. The van der Waals surface area contributed by atoms with Crippen molar-refractivity contribution < 1.29 is 4.42 Å². The average molecular weight is 183 g/mol. The van der Waals surface area contributed by atoms with E-state index in [-0.39, 0.29) is 0 Å². The molecule has 1 aromatic rings. The number of aryl methyl sites for hydroxylation is 1. The Bertz CT molecular complexity index is 311. The molecule has 1 unspecified atom stereocenters. The minimum atomic E-state index is -0.459. The van der Waals surface area contributed by atoms with Gasteiger partial charge in [0.25, 0.3) is 0 Å². The average Bonchev–Trinajstić information content (AvgIpc) is 2.71. The molecule has 13 heavy (non-hydrogen) atoms. The van der Waals surface area contributed by atoms with E-state index >= 15 is 0 Å². The predicted molar refractivity (Wildman–Crippen MR) is 46.4 cm³/mol. The third-order valence-corrected chi connectivity index (χ3v) is 2.41. The number of hydrogen-bond donors (Lipinski definition) is 2. The maximum absolute atomic E-state index is 10.6. The number of H-pyrrole nitrogens is 1. The van der Waals surface area contributed by atoms with Crippen LogP contribution in [0.5, 0.6) is 0 Å². The standard InChI is InChI=1S/C8H13N3O2/c12-8-11-10-7(13-8)2-1-6-3-4-9-5-6/h6,9H,1-5H2,(H,11,12). The molecule has 0 spiro atoms. The monoisotopic (exact) mass is 183 g/mol. The van der Waals surface area contributed by atoms with Gasteiger partial charge in [0, 0.05) is 6.42 Å². The summed E-state index contributed by atoms with van der Waals surface area (Å²) >= 11 is 0. The topological polar surface area (TPSA) is 70.9 Å². The highest BCUT2D eigenvalue weighted by Gasteiger charge is 2.15. The first-order valence-electron chi connectivity index (χ1n) is 4.59. The van der Waals surface area contributed by atoms with Crippen LogP contribution in [0, 0.1) is 5.92 Å². The second kappa shape index (κ2) is 3.74. The van der Waals surface area contributed by atoms with Crippen LogP contribution in [0.3, 0.4) is 0 Å². The van der Waals surface area contributed by atoms with E-state index in [4.69, 9.17) is 4.42 Å². The van der Waals surface area contributed by atoms with E-state index < -0.39 is 5.76 Å². The Balaban J connectivity index is 1.82. The molecule has 1 atom stereocenters. The Hall–Kier alpha value is -1.10. The lowest BCUT2D eigenvalue weighted by Crippen LogP contribution is -2.09. The first-order chi connectivity index (χ1) is 6.34. The first kappa shape index (κ1) is 8.50. The molecule has 1 aliphatic heterocycles. The first-order valence-corrected chi connectivity index (χ1v) is 4.59. The lowest BCUT2D eigenvalue weighted by molar-refractivity contribution is 0.430. The van der Waals surface area contributed by atoms with Gasteiger partial charge in [0.2, 0.25) is 5.89 Å². The molecule has 1 aromatic heterocycles. The molecule has 0 radical (unpaired) electrons. The zero-order valence-electron chi connectivity index (χ0n) is 7.38. The van der Waals surface area contributed by atoms with Crippen molar-refractivity contribution in [2.24, 2.45) is 5.92 Å². The van der Waals surface area contributed by atoms with Crippen LogP contribution in [-0.2, 0) is 6.42 Å². The van der Waals surface area contributed by atoms with E-state index in [9.17, 15) is 4.79 Å². The molecule has 2 N–H and O–H groups in total. The molecule has 0 aromatic carbocycles. The van der Waals surface area contributed by atoms with Gasteiger partial charge in [-0.05, 0) is 31.8 Å². The third-order valence-electron chi connectivity index (χ3n) is 2.41. The van der Waals surface area contributed by atoms with E-state index in [0.717, 1.165) is 25.9 Å². The van der Waals surface area contributed by atoms with Crippen LogP contribution in [0.25, 0.3) is 0 Å². The van der Waals surface area contributed by atoms with Crippen molar-refractivity contribution in [2.45, 2.75) is 19.3 Å². The number of nitrogens with zero attached hydrogens (tertiary/aromatic N) is 1. The van der Waals surface area contributed by atoms with Crippen LogP contribution >= 0.6 is 0 Å². The normalized spacial score (nSPS) is 22.3. The molecule has 1 aliphatic rings. The summed E-state index contributed by atoms with van der Waals surface area (Å²) in [5.74, 6) is 0.776. The zero-order valence-corrected chi connectivity index (χ0v) is 7.38. The smallest absolute Gasteiger partial charge is 0.393 e. The molecule has 2 heterocycles. The molecule has 5 nitrogen and oxygen atoms in total. The molecule has 0 amide bonds. The van der Waals surface area contributed by atoms with Crippen molar-refractivity contribution in [3.05, 3.63) is 16.4 Å². The summed E-state index contributed by atoms with van der Waals surface area (Å²) in [7, 11) is 0. The Morgan fingerprint density at radius 2 is 2.54 bits per heavy atom. The summed E-state index contributed by atoms with van der Waals surface area (Å²) in [4.78, 5) is 10.6. The minimum Gasteiger partial charge on any atom is -0.393 e. The quantitative estimate of drug-likeness (QED) is 0.686. The van der Waals surface area contributed by atoms with Gasteiger partial charge in [-0.15, -0.1) is 5.10 Å². The van der Waals surface area contributed by atoms with Crippen LogP contribution in [0.4, 0.5) is 0 Å². The highest BCUT2D eigenvalue weighted by molar-refractivity contribution is 4.78. The summed E-state index contributed by atoms with van der Waals surface area (Å²) in [5, 5.41) is 9.30. The Morgan fingerprint density at radius 1 is 1.62 bits per heavy atom. The van der Waals surface area contributed by atoms with Gasteiger partial charge in [-0.25, -0.2) is 9.89 Å². The molecular weight excluding hydrogens is 170 g/mol. The molecule has 1 saturated heterocycles. The molecule has 0 aliphatic carbocycles. The van der Waals surface area contributed by atoms with Crippen LogP contribution < -0.4 is 11.1 Å². The number of aromatic nitrogens is 2. The highest BCUT2D eigenvalue weighted by atomic mass is 16.4. The zero-order chi connectivity index (χ0) is 9.10. The van der Waals surface area contributed by atoms with Crippen molar-refractivity contribution in [3.63, 3.8) is 0 Å². The molecular formula is C8H13N3O2. The summed E-state index contributed by atoms with van der Waals surface area (Å²) in [6, 6.07) is 0. The maximum Gasteiger partial charge on any atom is 0.434 e.